The summed E-state index contributed by atoms with van der Waals surface area (Å²) < 4.78 is 1.20. The third-order valence-electron chi connectivity index (χ3n) is 3.99. The molecule has 0 radical (unpaired) electrons. The van der Waals surface area contributed by atoms with Gasteiger partial charge in [-0.05, 0) is 36.2 Å². The highest BCUT2D eigenvalue weighted by Crippen LogP contribution is 2.34. The zero-order chi connectivity index (χ0) is 12.6. The lowest BCUT2D eigenvalue weighted by Gasteiger charge is -2.39. The van der Waals surface area contributed by atoms with Crippen molar-refractivity contribution in [2.45, 2.75) is 19.8 Å². The van der Waals surface area contributed by atoms with Crippen molar-refractivity contribution in [3.8, 4) is 0 Å². The van der Waals surface area contributed by atoms with E-state index in [1.165, 1.54) is 4.70 Å². The minimum absolute atomic E-state index is 0.304. The van der Waals surface area contributed by atoms with Gasteiger partial charge in [-0.15, -0.1) is 11.3 Å². The smallest absolute Gasteiger partial charge is 0.150 e. The van der Waals surface area contributed by atoms with Crippen molar-refractivity contribution < 1.29 is 0 Å². The van der Waals surface area contributed by atoms with E-state index in [9.17, 15) is 0 Å². The molecule has 2 N–H and O–H groups in total. The Morgan fingerprint density at radius 3 is 2.89 bits per heavy atom. The lowest BCUT2D eigenvalue weighted by molar-refractivity contribution is 0.258. The van der Waals surface area contributed by atoms with Crippen LogP contribution in [0.15, 0.2) is 17.8 Å². The van der Waals surface area contributed by atoms with Crippen LogP contribution in [0.2, 0.25) is 0 Å². The summed E-state index contributed by atoms with van der Waals surface area (Å²) in [6.07, 6.45) is 3.95. The van der Waals surface area contributed by atoms with Crippen LogP contribution in [0.1, 0.15) is 19.8 Å². The molecule has 3 rings (SSSR count). The molecule has 3 heterocycles. The summed E-state index contributed by atoms with van der Waals surface area (Å²) in [5.74, 6) is 1.09. The van der Waals surface area contributed by atoms with E-state index in [2.05, 4.69) is 33.2 Å². The Kier molecular flexibility index (Phi) is 2.95. The fourth-order valence-electron chi connectivity index (χ4n) is 2.46. The molecule has 96 valence electrons. The topological polar surface area (TPSA) is 55.0 Å². The molecule has 1 saturated heterocycles. The molecule has 5 heteroatoms. The number of anilines is 1. The predicted octanol–water partition coefficient (Wildman–Crippen LogP) is 2.26. The maximum atomic E-state index is 5.85. The third kappa shape index (κ3) is 1.97. The first-order valence-electron chi connectivity index (χ1n) is 6.35. The second-order valence-corrected chi connectivity index (χ2v) is 6.25. The predicted molar refractivity (Wildman–Crippen MR) is 76.0 cm³/mol. The van der Waals surface area contributed by atoms with Gasteiger partial charge in [0.2, 0.25) is 0 Å². The maximum absolute atomic E-state index is 5.85. The number of fused-ring (bicyclic) bond motifs is 1. The van der Waals surface area contributed by atoms with Gasteiger partial charge in [0, 0.05) is 13.1 Å². The summed E-state index contributed by atoms with van der Waals surface area (Å²) in [5.41, 5.74) is 7.21. The molecule has 0 atom stereocenters. The van der Waals surface area contributed by atoms with E-state index in [0.29, 0.717) is 5.41 Å². The van der Waals surface area contributed by atoms with Crippen molar-refractivity contribution in [2.24, 2.45) is 11.1 Å². The average molecular weight is 262 g/mol. The van der Waals surface area contributed by atoms with Crippen molar-refractivity contribution in [3.63, 3.8) is 0 Å². The van der Waals surface area contributed by atoms with Crippen LogP contribution >= 0.6 is 11.3 Å². The summed E-state index contributed by atoms with van der Waals surface area (Å²) in [5, 5.41) is 2.08. The summed E-state index contributed by atoms with van der Waals surface area (Å²) >= 11 is 1.72. The molecule has 1 fully saturated rings. The van der Waals surface area contributed by atoms with E-state index in [1.54, 1.807) is 17.7 Å². The number of nitrogens with zero attached hydrogens (tertiary/aromatic N) is 3. The molecule has 0 amide bonds. The highest BCUT2D eigenvalue weighted by molar-refractivity contribution is 7.17. The van der Waals surface area contributed by atoms with Crippen LogP contribution < -0.4 is 10.6 Å². The molecule has 0 saturated carbocycles. The van der Waals surface area contributed by atoms with Gasteiger partial charge < -0.3 is 10.6 Å². The number of hydrogen-bond acceptors (Lipinski definition) is 5. The Morgan fingerprint density at radius 2 is 2.17 bits per heavy atom. The summed E-state index contributed by atoms with van der Waals surface area (Å²) in [7, 11) is 0. The third-order valence-corrected chi connectivity index (χ3v) is 4.89. The number of hydrogen-bond donors (Lipinski definition) is 1. The van der Waals surface area contributed by atoms with Gasteiger partial charge in [0.05, 0.1) is 10.2 Å². The molecule has 0 bridgehead atoms. The van der Waals surface area contributed by atoms with E-state index < -0.39 is 0 Å². The highest BCUT2D eigenvalue weighted by atomic mass is 32.1. The van der Waals surface area contributed by atoms with Gasteiger partial charge in [-0.25, -0.2) is 9.97 Å². The summed E-state index contributed by atoms with van der Waals surface area (Å²) in [6, 6.07) is 2.05. The van der Waals surface area contributed by atoms with Gasteiger partial charge in [-0.3, -0.25) is 0 Å². The van der Waals surface area contributed by atoms with Crippen molar-refractivity contribution in [1.82, 2.24) is 9.97 Å². The fourth-order valence-corrected chi connectivity index (χ4v) is 3.33. The van der Waals surface area contributed by atoms with Crippen LogP contribution in [0.25, 0.3) is 10.2 Å². The highest BCUT2D eigenvalue weighted by Gasteiger charge is 2.29. The zero-order valence-corrected chi connectivity index (χ0v) is 11.4. The standard InChI is InChI=1S/C13H18N4S/c1-13(8-14)3-5-17(6-4-13)12-11-10(2-7-18-11)15-9-16-12/h2,7,9H,3-6,8,14H2,1H3. The molecule has 18 heavy (non-hydrogen) atoms. The van der Waals surface area contributed by atoms with Crippen LogP contribution in [-0.4, -0.2) is 29.6 Å². The van der Waals surface area contributed by atoms with E-state index >= 15 is 0 Å². The number of rotatable bonds is 2. The van der Waals surface area contributed by atoms with Crippen molar-refractivity contribution >= 4 is 27.4 Å². The molecular formula is C13H18N4S. The SMILES string of the molecule is CC1(CN)CCN(c2ncnc3ccsc23)CC1. The largest absolute Gasteiger partial charge is 0.355 e. The monoisotopic (exact) mass is 262 g/mol. The number of nitrogens with two attached hydrogens (primary N) is 1. The first-order valence-corrected chi connectivity index (χ1v) is 7.23. The molecular weight excluding hydrogens is 244 g/mol. The van der Waals surface area contributed by atoms with E-state index in [1.807, 2.05) is 0 Å². The fraction of sp³-hybridized carbons (Fsp3) is 0.538. The van der Waals surface area contributed by atoms with Gasteiger partial charge in [0.1, 0.15) is 12.1 Å². The maximum Gasteiger partial charge on any atom is 0.150 e. The quantitative estimate of drug-likeness (QED) is 0.902. The molecule has 4 nitrogen and oxygen atoms in total. The van der Waals surface area contributed by atoms with Gasteiger partial charge in [-0.2, -0.15) is 0 Å². The van der Waals surface area contributed by atoms with Crippen molar-refractivity contribution in [3.05, 3.63) is 17.8 Å². The average Bonchev–Trinajstić information content (AvgIpc) is 2.88. The Balaban J connectivity index is 1.86. The Hall–Kier alpha value is -1.20. The minimum Gasteiger partial charge on any atom is -0.355 e. The van der Waals surface area contributed by atoms with E-state index in [-0.39, 0.29) is 0 Å². The molecule has 0 aromatic carbocycles. The lowest BCUT2D eigenvalue weighted by Crippen LogP contribution is -2.42. The summed E-state index contributed by atoms with van der Waals surface area (Å²) in [6.45, 7) is 5.14. The van der Waals surface area contributed by atoms with Crippen LogP contribution in [0.3, 0.4) is 0 Å². The molecule has 2 aromatic heterocycles. The molecule has 0 aliphatic carbocycles. The second-order valence-electron chi connectivity index (χ2n) is 5.33. The van der Waals surface area contributed by atoms with Gasteiger partial charge in [-0.1, -0.05) is 6.92 Å². The van der Waals surface area contributed by atoms with E-state index in [4.69, 9.17) is 5.73 Å². The summed E-state index contributed by atoms with van der Waals surface area (Å²) in [4.78, 5) is 11.1. The Morgan fingerprint density at radius 1 is 1.39 bits per heavy atom. The van der Waals surface area contributed by atoms with Gasteiger partial charge >= 0.3 is 0 Å². The Bertz CT molecular complexity index is 543. The van der Waals surface area contributed by atoms with Gasteiger partial charge in [0.15, 0.2) is 0 Å². The molecule has 1 aliphatic rings. The van der Waals surface area contributed by atoms with Crippen LogP contribution in [-0.2, 0) is 0 Å². The van der Waals surface area contributed by atoms with Gasteiger partial charge in [0.25, 0.3) is 0 Å². The van der Waals surface area contributed by atoms with Crippen LogP contribution in [0, 0.1) is 5.41 Å². The lowest BCUT2D eigenvalue weighted by atomic mass is 9.80. The van der Waals surface area contributed by atoms with Crippen molar-refractivity contribution in [2.75, 3.05) is 24.5 Å². The zero-order valence-electron chi connectivity index (χ0n) is 10.6. The number of piperidine rings is 1. The second kappa shape index (κ2) is 4.48. The first-order chi connectivity index (χ1) is 8.72. The molecule has 0 spiro atoms. The molecule has 0 unspecified atom stereocenters. The van der Waals surface area contributed by atoms with Crippen LogP contribution in [0.4, 0.5) is 5.82 Å². The molecule has 1 aliphatic heterocycles. The van der Waals surface area contributed by atoms with Crippen molar-refractivity contribution in [1.29, 1.82) is 0 Å². The number of aromatic nitrogens is 2. The normalized spacial score (nSPS) is 19.3. The number of thiophene rings is 1. The molecule has 2 aromatic rings. The Labute approximate surface area is 111 Å². The minimum atomic E-state index is 0.304. The van der Waals surface area contributed by atoms with E-state index in [0.717, 1.165) is 43.8 Å². The van der Waals surface area contributed by atoms with Crippen LogP contribution in [0.5, 0.6) is 0 Å². The first kappa shape index (κ1) is 11.9.